The normalized spacial score (nSPS) is 31.5. The summed E-state index contributed by atoms with van der Waals surface area (Å²) in [5.74, 6) is 1.26. The van der Waals surface area contributed by atoms with Crippen molar-refractivity contribution < 1.29 is 19.2 Å². The number of nitrogens with zero attached hydrogens (tertiary/aromatic N) is 1. The molecule has 0 unspecified atom stereocenters. The highest BCUT2D eigenvalue weighted by molar-refractivity contribution is 5.93. The van der Waals surface area contributed by atoms with Crippen LogP contribution in [0.2, 0.25) is 0 Å². The Labute approximate surface area is 151 Å². The lowest BCUT2D eigenvalue weighted by atomic mass is 9.49. The zero-order chi connectivity index (χ0) is 18.3. The second-order valence-electron chi connectivity index (χ2n) is 8.13. The molecule has 0 radical (unpaired) electrons. The number of amides is 1. The first kappa shape index (κ1) is 17.0. The van der Waals surface area contributed by atoms with E-state index in [-0.39, 0.29) is 23.7 Å². The number of rotatable bonds is 5. The van der Waals surface area contributed by atoms with Crippen LogP contribution in [0.25, 0.3) is 0 Å². The van der Waals surface area contributed by atoms with Crippen molar-refractivity contribution in [3.8, 4) is 0 Å². The van der Waals surface area contributed by atoms with E-state index < -0.39 is 10.8 Å². The van der Waals surface area contributed by atoms with Crippen LogP contribution in [0.1, 0.15) is 38.5 Å². The molecule has 7 heteroatoms. The van der Waals surface area contributed by atoms with Crippen molar-refractivity contribution in [2.24, 2.45) is 23.2 Å². The van der Waals surface area contributed by atoms with E-state index in [4.69, 9.17) is 4.74 Å². The fraction of sp³-hybridized carbons (Fsp3) is 0.579. The van der Waals surface area contributed by atoms with Crippen LogP contribution in [0.4, 0.5) is 11.4 Å². The van der Waals surface area contributed by atoms with E-state index >= 15 is 0 Å². The van der Waals surface area contributed by atoms with Crippen LogP contribution in [0.5, 0.6) is 0 Å². The van der Waals surface area contributed by atoms with Crippen LogP contribution < -0.4 is 5.32 Å². The summed E-state index contributed by atoms with van der Waals surface area (Å²) in [4.78, 5) is 34.9. The van der Waals surface area contributed by atoms with Crippen molar-refractivity contribution in [3.63, 3.8) is 0 Å². The highest BCUT2D eigenvalue weighted by Gasteiger charge is 2.55. The molecule has 0 spiro atoms. The average Bonchev–Trinajstić information content (AvgIpc) is 2.59. The zero-order valence-electron chi connectivity index (χ0n) is 14.5. The third kappa shape index (κ3) is 3.18. The molecular weight excluding hydrogens is 336 g/mol. The van der Waals surface area contributed by atoms with Crippen molar-refractivity contribution in [1.82, 2.24) is 0 Å². The molecule has 1 amide bonds. The van der Waals surface area contributed by atoms with Gasteiger partial charge in [0.1, 0.15) is 0 Å². The molecule has 0 aromatic heterocycles. The number of anilines is 1. The molecule has 7 nitrogen and oxygen atoms in total. The van der Waals surface area contributed by atoms with Crippen LogP contribution in [0.15, 0.2) is 24.3 Å². The molecule has 138 valence electrons. The molecule has 1 N–H and O–H groups in total. The summed E-state index contributed by atoms with van der Waals surface area (Å²) in [5.41, 5.74) is 0.0188. The summed E-state index contributed by atoms with van der Waals surface area (Å²) in [6, 6.07) is 5.54. The lowest BCUT2D eigenvalue weighted by Crippen LogP contribution is -2.50. The Hall–Kier alpha value is -2.44. The maximum Gasteiger partial charge on any atom is 0.312 e. The first-order chi connectivity index (χ1) is 12.4. The number of carbonyl (C=O) groups is 2. The molecule has 0 heterocycles. The van der Waals surface area contributed by atoms with Gasteiger partial charge in [-0.2, -0.15) is 0 Å². The van der Waals surface area contributed by atoms with Gasteiger partial charge in [-0.3, -0.25) is 19.7 Å². The Morgan fingerprint density at radius 3 is 2.12 bits per heavy atom. The molecule has 26 heavy (non-hydrogen) atoms. The summed E-state index contributed by atoms with van der Waals surface area (Å²) in [6.45, 7) is -0.322. The fourth-order valence-corrected chi connectivity index (χ4v) is 5.51. The van der Waals surface area contributed by atoms with Crippen LogP contribution in [0, 0.1) is 33.3 Å². The largest absolute Gasteiger partial charge is 0.455 e. The maximum atomic E-state index is 12.7. The van der Waals surface area contributed by atoms with Gasteiger partial charge in [0, 0.05) is 17.8 Å². The van der Waals surface area contributed by atoms with Crippen molar-refractivity contribution in [3.05, 3.63) is 34.4 Å². The highest BCUT2D eigenvalue weighted by atomic mass is 16.6. The quantitative estimate of drug-likeness (QED) is 0.495. The molecule has 0 atom stereocenters. The number of esters is 1. The Morgan fingerprint density at radius 1 is 1.08 bits per heavy atom. The lowest BCUT2D eigenvalue weighted by Gasteiger charge is -2.55. The minimum Gasteiger partial charge on any atom is -0.455 e. The van der Waals surface area contributed by atoms with E-state index in [1.807, 2.05) is 0 Å². The Kier molecular flexibility index (Phi) is 4.17. The van der Waals surface area contributed by atoms with Gasteiger partial charge < -0.3 is 10.1 Å². The Balaban J connectivity index is 1.31. The lowest BCUT2D eigenvalue weighted by molar-refractivity contribution is -0.384. The molecule has 1 aromatic carbocycles. The summed E-state index contributed by atoms with van der Waals surface area (Å²) in [5, 5.41) is 13.2. The van der Waals surface area contributed by atoms with E-state index in [1.54, 1.807) is 0 Å². The maximum absolute atomic E-state index is 12.7. The van der Waals surface area contributed by atoms with E-state index in [0.29, 0.717) is 23.4 Å². The molecule has 4 saturated carbocycles. The first-order valence-electron chi connectivity index (χ1n) is 9.15. The second-order valence-corrected chi connectivity index (χ2v) is 8.13. The van der Waals surface area contributed by atoms with Crippen LogP contribution in [-0.4, -0.2) is 23.4 Å². The number of ether oxygens (including phenoxy) is 1. The number of nitrogens with one attached hydrogen (secondary N) is 1. The number of benzene rings is 1. The number of hydrogen-bond acceptors (Lipinski definition) is 5. The monoisotopic (exact) mass is 358 g/mol. The predicted octanol–water partition coefficient (Wildman–Crippen LogP) is 3.29. The van der Waals surface area contributed by atoms with Crippen molar-refractivity contribution >= 4 is 23.3 Å². The van der Waals surface area contributed by atoms with Gasteiger partial charge in [-0.1, -0.05) is 0 Å². The number of nitro groups is 1. The molecule has 4 aliphatic rings. The fourth-order valence-electron chi connectivity index (χ4n) is 5.51. The van der Waals surface area contributed by atoms with Crippen molar-refractivity contribution in [1.29, 1.82) is 0 Å². The summed E-state index contributed by atoms with van der Waals surface area (Å²) < 4.78 is 5.36. The zero-order valence-corrected chi connectivity index (χ0v) is 14.5. The van der Waals surface area contributed by atoms with Crippen LogP contribution in [-0.2, 0) is 14.3 Å². The predicted molar refractivity (Wildman–Crippen MR) is 93.3 cm³/mol. The number of non-ortho nitro benzene ring substituents is 1. The average molecular weight is 358 g/mol. The summed E-state index contributed by atoms with van der Waals surface area (Å²) >= 11 is 0. The molecule has 0 saturated heterocycles. The van der Waals surface area contributed by atoms with Gasteiger partial charge in [0.05, 0.1) is 10.3 Å². The van der Waals surface area contributed by atoms with Gasteiger partial charge in [0.15, 0.2) is 6.61 Å². The minimum absolute atomic E-state index is 0.0451. The first-order valence-corrected chi connectivity index (χ1v) is 9.15. The number of carbonyl (C=O) groups excluding carboxylic acids is 2. The van der Waals surface area contributed by atoms with Gasteiger partial charge in [-0.05, 0) is 68.4 Å². The van der Waals surface area contributed by atoms with Gasteiger partial charge in [-0.25, -0.2) is 0 Å². The number of hydrogen-bond donors (Lipinski definition) is 1. The molecule has 1 aromatic rings. The minimum atomic E-state index is -0.501. The summed E-state index contributed by atoms with van der Waals surface area (Å²) in [7, 11) is 0. The smallest absolute Gasteiger partial charge is 0.312 e. The van der Waals surface area contributed by atoms with Crippen molar-refractivity contribution in [2.45, 2.75) is 38.5 Å². The highest BCUT2D eigenvalue weighted by Crippen LogP contribution is 2.60. The van der Waals surface area contributed by atoms with E-state index in [1.165, 1.54) is 43.5 Å². The van der Waals surface area contributed by atoms with Gasteiger partial charge in [0.25, 0.3) is 11.6 Å². The van der Waals surface area contributed by atoms with Gasteiger partial charge >= 0.3 is 5.97 Å². The molecule has 4 aliphatic carbocycles. The summed E-state index contributed by atoms with van der Waals surface area (Å²) in [6.07, 6.45) is 6.44. The van der Waals surface area contributed by atoms with Gasteiger partial charge in [0.2, 0.25) is 0 Å². The Morgan fingerprint density at radius 2 is 1.62 bits per heavy atom. The molecular formula is C19H22N2O5. The molecule has 0 aliphatic heterocycles. The van der Waals surface area contributed by atoms with E-state index in [2.05, 4.69) is 5.32 Å². The van der Waals surface area contributed by atoms with Crippen molar-refractivity contribution in [2.75, 3.05) is 11.9 Å². The van der Waals surface area contributed by atoms with E-state index in [0.717, 1.165) is 19.3 Å². The Bertz CT molecular complexity index is 708. The third-order valence-corrected chi connectivity index (χ3v) is 6.17. The molecule has 4 bridgehead atoms. The topological polar surface area (TPSA) is 98.5 Å². The number of nitro benzene ring substituents is 1. The second kappa shape index (κ2) is 6.37. The molecule has 4 fully saturated rings. The third-order valence-electron chi connectivity index (χ3n) is 6.17. The van der Waals surface area contributed by atoms with Crippen LogP contribution in [0.3, 0.4) is 0 Å². The molecule has 5 rings (SSSR count). The van der Waals surface area contributed by atoms with Gasteiger partial charge in [-0.15, -0.1) is 0 Å². The van der Waals surface area contributed by atoms with Crippen LogP contribution >= 0.6 is 0 Å². The van der Waals surface area contributed by atoms with E-state index in [9.17, 15) is 19.7 Å². The standard InChI is InChI=1S/C19H22N2O5/c22-17(20-15-1-3-16(4-2-15)21(24)25)11-26-18(23)19-8-12-5-13(9-19)7-14(6-12)10-19/h1-4,12-14H,5-11H2,(H,20,22). The SMILES string of the molecule is O=C(COC(=O)C12CC3CC(CC(C3)C1)C2)Nc1ccc([N+](=O)[O-])cc1.